The molecule has 0 atom stereocenters. The van der Waals surface area contributed by atoms with E-state index in [4.69, 9.17) is 5.10 Å². The summed E-state index contributed by atoms with van der Waals surface area (Å²) in [6.45, 7) is 3.46. The van der Waals surface area contributed by atoms with E-state index in [9.17, 15) is 18.7 Å². The van der Waals surface area contributed by atoms with E-state index in [1.807, 2.05) is 4.90 Å². The molecule has 2 amide bonds. The number of fused-ring (bicyclic) bond motifs is 2. The molecule has 2 aromatic heterocycles. The average molecular weight is 420 g/mol. The van der Waals surface area contributed by atoms with Gasteiger partial charge in [-0.1, -0.05) is 0 Å². The van der Waals surface area contributed by atoms with Gasteiger partial charge < -0.3 is 20.2 Å². The quantitative estimate of drug-likeness (QED) is 0.793. The first-order valence-corrected chi connectivity index (χ1v) is 10.2. The summed E-state index contributed by atoms with van der Waals surface area (Å²) in [5, 5.41) is 16.8. The van der Waals surface area contributed by atoms with Gasteiger partial charge in [0, 0.05) is 49.1 Å². The van der Waals surface area contributed by atoms with Crippen molar-refractivity contribution in [3.63, 3.8) is 0 Å². The zero-order chi connectivity index (χ0) is 21.4. The Kier molecular flexibility index (Phi) is 5.59. The number of nitrogens with one attached hydrogen (secondary N) is 1. The molecule has 0 spiro atoms. The van der Waals surface area contributed by atoms with E-state index in [1.54, 1.807) is 23.6 Å². The molecule has 4 heterocycles. The number of carbonyl (C=O) groups excluding carboxylic acids is 1. The number of aliphatic hydroxyl groups is 1. The molecule has 8 nitrogen and oxygen atoms in total. The number of pyridine rings is 1. The molecule has 0 bridgehead atoms. The fourth-order valence-corrected chi connectivity index (χ4v) is 4.34. The number of alkyl halides is 2. The number of aromatic nitrogens is 3. The number of anilines is 2. The van der Waals surface area contributed by atoms with Crippen molar-refractivity contribution in [3.8, 4) is 0 Å². The Morgan fingerprint density at radius 1 is 1.33 bits per heavy atom. The largest absolute Gasteiger partial charge is 0.394 e. The van der Waals surface area contributed by atoms with Gasteiger partial charge in [0.15, 0.2) is 5.82 Å². The van der Waals surface area contributed by atoms with Crippen LogP contribution < -0.4 is 10.2 Å². The minimum atomic E-state index is -2.60. The van der Waals surface area contributed by atoms with E-state index in [2.05, 4.69) is 10.3 Å². The summed E-state index contributed by atoms with van der Waals surface area (Å²) in [5.41, 5.74) is 3.58. The lowest BCUT2D eigenvalue weighted by atomic mass is 10.0. The molecular formula is C20H26F2N6O2. The third-order valence-corrected chi connectivity index (χ3v) is 5.81. The van der Waals surface area contributed by atoms with Crippen LogP contribution >= 0.6 is 0 Å². The smallest absolute Gasteiger partial charge is 0.317 e. The summed E-state index contributed by atoms with van der Waals surface area (Å²) in [7, 11) is 1.59. The van der Waals surface area contributed by atoms with Gasteiger partial charge in [0.1, 0.15) is 0 Å². The highest BCUT2D eigenvalue weighted by Crippen LogP contribution is 2.39. The summed E-state index contributed by atoms with van der Waals surface area (Å²) in [5.74, 6) is 0.652. The van der Waals surface area contributed by atoms with Gasteiger partial charge >= 0.3 is 6.03 Å². The molecule has 2 N–H and O–H groups in total. The van der Waals surface area contributed by atoms with Gasteiger partial charge in [-0.25, -0.2) is 13.6 Å². The molecule has 2 aromatic rings. The van der Waals surface area contributed by atoms with Gasteiger partial charge in [-0.3, -0.25) is 9.67 Å². The first kappa shape index (κ1) is 20.5. The number of aliphatic hydroxyl groups excluding tert-OH is 1. The summed E-state index contributed by atoms with van der Waals surface area (Å²) >= 11 is 0. The second-order valence-electron chi connectivity index (χ2n) is 7.61. The second-order valence-corrected chi connectivity index (χ2v) is 7.61. The number of halogens is 2. The summed E-state index contributed by atoms with van der Waals surface area (Å²) < 4.78 is 28.8. The number of hydrogen-bond acceptors (Lipinski definition) is 5. The summed E-state index contributed by atoms with van der Waals surface area (Å²) in [6.07, 6.45) is -0.435. The number of hydrogen-bond donors (Lipinski definition) is 2. The molecule has 0 saturated carbocycles. The number of urea groups is 1. The fourth-order valence-electron chi connectivity index (χ4n) is 4.34. The monoisotopic (exact) mass is 420 g/mol. The lowest BCUT2D eigenvalue weighted by Crippen LogP contribution is -2.41. The fraction of sp³-hybridized carbons (Fsp3) is 0.550. The Balaban J connectivity index is 1.80. The van der Waals surface area contributed by atoms with E-state index in [0.717, 1.165) is 29.8 Å². The van der Waals surface area contributed by atoms with E-state index in [0.29, 0.717) is 49.8 Å². The van der Waals surface area contributed by atoms with Gasteiger partial charge in [0.05, 0.1) is 31.1 Å². The Morgan fingerprint density at radius 3 is 2.83 bits per heavy atom. The Hall–Kier alpha value is -2.75. The Labute approximate surface area is 173 Å². The molecule has 0 radical (unpaired) electrons. The van der Waals surface area contributed by atoms with Crippen LogP contribution in [-0.4, -0.2) is 57.5 Å². The highest BCUT2D eigenvalue weighted by Gasteiger charge is 2.32. The lowest BCUT2D eigenvalue weighted by molar-refractivity contribution is 0.150. The zero-order valence-corrected chi connectivity index (χ0v) is 17.2. The number of amides is 2. The third kappa shape index (κ3) is 3.49. The van der Waals surface area contributed by atoms with Crippen LogP contribution in [0.15, 0.2) is 6.07 Å². The predicted octanol–water partition coefficient (Wildman–Crippen LogP) is 2.30. The molecule has 0 unspecified atom stereocenters. The molecule has 0 saturated heterocycles. The van der Waals surface area contributed by atoms with Crippen molar-refractivity contribution in [3.05, 3.63) is 34.3 Å². The van der Waals surface area contributed by atoms with Crippen molar-refractivity contribution in [1.29, 1.82) is 0 Å². The Bertz CT molecular complexity index is 961. The number of aryl methyl sites for hydroxylation is 2. The second kappa shape index (κ2) is 8.17. The predicted molar refractivity (Wildman–Crippen MR) is 107 cm³/mol. The van der Waals surface area contributed by atoms with Crippen LogP contribution in [0.1, 0.15) is 41.1 Å². The molecule has 2 aliphatic rings. The van der Waals surface area contributed by atoms with Crippen molar-refractivity contribution in [2.45, 2.75) is 45.7 Å². The maximum absolute atomic E-state index is 13.5. The molecular weight excluding hydrogens is 394 g/mol. The average Bonchev–Trinajstić information content (AvgIpc) is 3.09. The van der Waals surface area contributed by atoms with Gasteiger partial charge in [0.25, 0.3) is 6.43 Å². The number of rotatable bonds is 4. The van der Waals surface area contributed by atoms with Crippen molar-refractivity contribution >= 4 is 17.5 Å². The van der Waals surface area contributed by atoms with Crippen LogP contribution in [0.3, 0.4) is 0 Å². The maximum Gasteiger partial charge on any atom is 0.317 e. The normalized spacial score (nSPS) is 15.9. The van der Waals surface area contributed by atoms with Gasteiger partial charge in [-0.05, 0) is 25.8 Å². The van der Waals surface area contributed by atoms with E-state index in [-0.39, 0.29) is 18.2 Å². The third-order valence-electron chi connectivity index (χ3n) is 5.81. The Morgan fingerprint density at radius 2 is 2.13 bits per heavy atom. The van der Waals surface area contributed by atoms with E-state index in [1.165, 1.54) is 6.07 Å². The molecule has 0 aromatic carbocycles. The van der Waals surface area contributed by atoms with Crippen LogP contribution in [-0.2, 0) is 25.9 Å². The highest BCUT2D eigenvalue weighted by atomic mass is 19.3. The van der Waals surface area contributed by atoms with Crippen LogP contribution in [0.4, 0.5) is 25.1 Å². The van der Waals surface area contributed by atoms with E-state index < -0.39 is 6.43 Å². The van der Waals surface area contributed by atoms with Crippen molar-refractivity contribution in [1.82, 2.24) is 25.0 Å². The SMILES string of the molecule is CNC(=O)N1CCc2c(c(N3CCCc4nc(C)c(C(F)F)cc43)nn2CCO)C1. The summed E-state index contributed by atoms with van der Waals surface area (Å²) in [6, 6.07) is 1.36. The number of carbonyl (C=O) groups is 1. The first-order chi connectivity index (χ1) is 14.4. The lowest BCUT2D eigenvalue weighted by Gasteiger charge is -2.32. The molecule has 10 heteroatoms. The molecule has 0 fully saturated rings. The van der Waals surface area contributed by atoms with Crippen LogP contribution in [0, 0.1) is 6.92 Å². The van der Waals surface area contributed by atoms with Crippen molar-refractivity contribution < 1.29 is 18.7 Å². The first-order valence-electron chi connectivity index (χ1n) is 10.2. The molecule has 30 heavy (non-hydrogen) atoms. The summed E-state index contributed by atoms with van der Waals surface area (Å²) in [4.78, 5) is 20.3. The zero-order valence-electron chi connectivity index (χ0n) is 17.2. The molecule has 0 aliphatic carbocycles. The van der Waals surface area contributed by atoms with Gasteiger partial charge in [-0.15, -0.1) is 0 Å². The number of nitrogens with zero attached hydrogens (tertiary/aromatic N) is 5. The van der Waals surface area contributed by atoms with Crippen molar-refractivity contribution in [2.75, 3.05) is 31.6 Å². The standard InChI is InChI=1S/C20H26F2N6O2/c1-12-13(18(21)22)10-17-15(24-12)4-3-6-27(17)19-14-11-26(20(30)23-2)7-5-16(14)28(25-19)8-9-29/h10,18,29H,3-9,11H2,1-2H3,(H,23,30). The molecule has 2 aliphatic heterocycles. The topological polar surface area (TPSA) is 86.5 Å². The van der Waals surface area contributed by atoms with Crippen LogP contribution in [0.2, 0.25) is 0 Å². The minimum absolute atomic E-state index is 0.0560. The van der Waals surface area contributed by atoms with Crippen LogP contribution in [0.25, 0.3) is 0 Å². The van der Waals surface area contributed by atoms with Gasteiger partial charge in [-0.2, -0.15) is 5.10 Å². The van der Waals surface area contributed by atoms with Gasteiger partial charge in [0.2, 0.25) is 0 Å². The maximum atomic E-state index is 13.5. The van der Waals surface area contributed by atoms with Crippen LogP contribution in [0.5, 0.6) is 0 Å². The minimum Gasteiger partial charge on any atom is -0.394 e. The highest BCUT2D eigenvalue weighted by molar-refractivity contribution is 5.75. The van der Waals surface area contributed by atoms with E-state index >= 15 is 0 Å². The molecule has 162 valence electrons. The molecule has 4 rings (SSSR count). The van der Waals surface area contributed by atoms with Crippen molar-refractivity contribution in [2.24, 2.45) is 0 Å².